The van der Waals surface area contributed by atoms with Gasteiger partial charge >= 0.3 is 5.97 Å². The Morgan fingerprint density at radius 1 is 1.16 bits per heavy atom. The van der Waals surface area contributed by atoms with Crippen molar-refractivity contribution in [3.8, 4) is 10.6 Å². The fraction of sp³-hybridized carbons (Fsp3) is 0.240. The lowest BCUT2D eigenvalue weighted by atomic mass is 9.97. The predicted octanol–water partition coefficient (Wildman–Crippen LogP) is 5.17. The zero-order chi connectivity index (χ0) is 22.2. The van der Waals surface area contributed by atoms with Crippen LogP contribution >= 0.6 is 11.3 Å². The van der Waals surface area contributed by atoms with Crippen LogP contribution in [0.5, 0.6) is 0 Å². The van der Waals surface area contributed by atoms with E-state index in [1.54, 1.807) is 6.07 Å². The second-order valence-corrected chi connectivity index (χ2v) is 9.23. The maximum absolute atomic E-state index is 14.9. The van der Waals surface area contributed by atoms with Crippen molar-refractivity contribution in [2.24, 2.45) is 5.92 Å². The van der Waals surface area contributed by atoms with Gasteiger partial charge in [-0.3, -0.25) is 9.69 Å². The average molecular weight is 448 g/mol. The number of likely N-dealkylation sites (tertiary alicyclic amines) is 1. The van der Waals surface area contributed by atoms with Crippen LogP contribution in [-0.4, -0.2) is 39.0 Å². The topological polar surface area (TPSA) is 66.3 Å². The van der Waals surface area contributed by atoms with Gasteiger partial charge in [-0.25, -0.2) is 14.4 Å². The summed E-state index contributed by atoms with van der Waals surface area (Å²) in [6.07, 6.45) is 0. The standard InChI is InChI=1S/C25H22FN3O2S/c1-15(17-5-3-2-4-6-17)21-9-10-22-24(27-21)32-23(28-22)19-8-7-16(11-20(19)26)12-29-13-18(14-29)25(30)31/h2-11,15,18H,12-14H2,1H3,(H,30,31)/t15-/m0/s1. The van der Waals surface area contributed by atoms with E-state index in [-0.39, 0.29) is 17.7 Å². The molecule has 1 atom stereocenters. The highest BCUT2D eigenvalue weighted by Crippen LogP contribution is 2.33. The quantitative estimate of drug-likeness (QED) is 0.442. The molecule has 1 fully saturated rings. The van der Waals surface area contributed by atoms with Crippen molar-refractivity contribution in [2.75, 3.05) is 13.1 Å². The van der Waals surface area contributed by atoms with Crippen molar-refractivity contribution in [3.63, 3.8) is 0 Å². The molecule has 2 aromatic carbocycles. The van der Waals surface area contributed by atoms with Gasteiger partial charge in [-0.2, -0.15) is 0 Å². The summed E-state index contributed by atoms with van der Waals surface area (Å²) in [4.78, 5) is 23.1. The molecule has 0 aliphatic carbocycles. The minimum atomic E-state index is -0.770. The van der Waals surface area contributed by atoms with Crippen molar-refractivity contribution >= 4 is 27.7 Å². The number of hydrogen-bond donors (Lipinski definition) is 1. The van der Waals surface area contributed by atoms with Crippen LogP contribution in [-0.2, 0) is 11.3 Å². The van der Waals surface area contributed by atoms with Gasteiger partial charge in [0, 0.05) is 36.8 Å². The molecular weight excluding hydrogens is 425 g/mol. The first-order chi connectivity index (χ1) is 15.5. The predicted molar refractivity (Wildman–Crippen MR) is 123 cm³/mol. The molecule has 0 amide bonds. The fourth-order valence-electron chi connectivity index (χ4n) is 4.04. The lowest BCUT2D eigenvalue weighted by Crippen LogP contribution is -2.49. The molecule has 1 aliphatic rings. The van der Waals surface area contributed by atoms with Crippen LogP contribution in [0.4, 0.5) is 4.39 Å². The first-order valence-electron chi connectivity index (χ1n) is 10.5. The van der Waals surface area contributed by atoms with E-state index in [4.69, 9.17) is 10.1 Å². The normalized spacial score (nSPS) is 15.6. The van der Waals surface area contributed by atoms with E-state index in [1.807, 2.05) is 41.3 Å². The van der Waals surface area contributed by atoms with Gasteiger partial charge in [0.1, 0.15) is 21.2 Å². The third kappa shape index (κ3) is 4.01. The third-order valence-corrected chi connectivity index (χ3v) is 7.00. The maximum Gasteiger partial charge on any atom is 0.309 e. The second kappa shape index (κ2) is 8.41. The van der Waals surface area contributed by atoms with Gasteiger partial charge in [-0.05, 0) is 35.4 Å². The summed E-state index contributed by atoms with van der Waals surface area (Å²) < 4.78 is 14.9. The fourth-order valence-corrected chi connectivity index (χ4v) is 5.02. The largest absolute Gasteiger partial charge is 0.481 e. The van der Waals surface area contributed by atoms with Gasteiger partial charge in [0.25, 0.3) is 0 Å². The Hall–Kier alpha value is -3.16. The SMILES string of the molecule is C[C@@H](c1ccccc1)c1ccc2nc(-c3ccc(CN4CC(C(=O)O)C4)cc3F)sc2n1. The molecule has 0 saturated carbocycles. The van der Waals surface area contributed by atoms with Crippen molar-refractivity contribution in [1.82, 2.24) is 14.9 Å². The van der Waals surface area contributed by atoms with Crippen LogP contribution in [0.25, 0.3) is 20.9 Å². The lowest BCUT2D eigenvalue weighted by molar-refractivity contribution is -0.147. The average Bonchev–Trinajstić information content (AvgIpc) is 3.18. The number of aliphatic carboxylic acids is 1. The Morgan fingerprint density at radius 2 is 1.94 bits per heavy atom. The highest BCUT2D eigenvalue weighted by molar-refractivity contribution is 7.21. The van der Waals surface area contributed by atoms with Gasteiger partial charge in [-0.15, -0.1) is 0 Å². The zero-order valence-corrected chi connectivity index (χ0v) is 18.3. The van der Waals surface area contributed by atoms with E-state index in [1.165, 1.54) is 23.0 Å². The summed E-state index contributed by atoms with van der Waals surface area (Å²) in [6, 6.07) is 19.3. The minimum absolute atomic E-state index is 0.157. The Kier molecular flexibility index (Phi) is 5.45. The van der Waals surface area contributed by atoms with Crippen molar-refractivity contribution in [3.05, 3.63) is 83.3 Å². The third-order valence-electron chi connectivity index (χ3n) is 6.00. The van der Waals surface area contributed by atoms with Gasteiger partial charge in [0.05, 0.1) is 5.92 Å². The molecule has 1 saturated heterocycles. The van der Waals surface area contributed by atoms with Gasteiger partial charge in [0.15, 0.2) is 0 Å². The lowest BCUT2D eigenvalue weighted by Gasteiger charge is -2.36. The highest BCUT2D eigenvalue weighted by atomic mass is 32.1. The summed E-state index contributed by atoms with van der Waals surface area (Å²) in [6.45, 7) is 3.68. The molecule has 5 nitrogen and oxygen atoms in total. The molecule has 1 N–H and O–H groups in total. The van der Waals surface area contributed by atoms with Crippen LogP contribution in [0.2, 0.25) is 0 Å². The van der Waals surface area contributed by atoms with E-state index < -0.39 is 5.97 Å². The number of nitrogens with zero attached hydrogens (tertiary/aromatic N) is 3. The van der Waals surface area contributed by atoms with Gasteiger partial charge in [0.2, 0.25) is 0 Å². The number of carboxylic acids is 1. The van der Waals surface area contributed by atoms with Crippen molar-refractivity contribution < 1.29 is 14.3 Å². The van der Waals surface area contributed by atoms with E-state index in [9.17, 15) is 9.18 Å². The Labute approximate surface area is 189 Å². The molecule has 0 radical (unpaired) electrons. The first-order valence-corrected chi connectivity index (χ1v) is 11.4. The molecule has 5 rings (SSSR count). The van der Waals surface area contributed by atoms with E-state index >= 15 is 0 Å². The number of benzene rings is 2. The number of pyridine rings is 1. The number of thiazole rings is 1. The Morgan fingerprint density at radius 3 is 2.66 bits per heavy atom. The maximum atomic E-state index is 14.9. The zero-order valence-electron chi connectivity index (χ0n) is 17.5. The number of halogens is 1. The number of carbonyl (C=O) groups is 1. The Bertz CT molecular complexity index is 1290. The molecule has 4 aromatic rings. The molecule has 162 valence electrons. The van der Waals surface area contributed by atoms with E-state index in [2.05, 4.69) is 24.0 Å². The van der Waals surface area contributed by atoms with Crippen LogP contribution in [0, 0.1) is 11.7 Å². The van der Waals surface area contributed by atoms with Crippen LogP contribution < -0.4 is 0 Å². The van der Waals surface area contributed by atoms with Gasteiger partial charge in [-0.1, -0.05) is 54.7 Å². The summed E-state index contributed by atoms with van der Waals surface area (Å²) in [5.74, 6) is -1.25. The molecule has 0 bridgehead atoms. The summed E-state index contributed by atoms with van der Waals surface area (Å²) in [7, 11) is 0. The monoisotopic (exact) mass is 447 g/mol. The van der Waals surface area contributed by atoms with Crippen LogP contribution in [0.15, 0.2) is 60.7 Å². The van der Waals surface area contributed by atoms with E-state index in [0.29, 0.717) is 30.2 Å². The molecule has 3 heterocycles. The smallest absolute Gasteiger partial charge is 0.309 e. The molecule has 2 aromatic heterocycles. The van der Waals surface area contributed by atoms with Crippen LogP contribution in [0.1, 0.15) is 29.7 Å². The summed E-state index contributed by atoms with van der Waals surface area (Å²) in [5, 5.41) is 9.60. The first kappa shape index (κ1) is 20.7. The number of carboxylic acid groups (broad SMARTS) is 1. The van der Waals surface area contributed by atoms with Gasteiger partial charge < -0.3 is 5.11 Å². The summed E-state index contributed by atoms with van der Waals surface area (Å²) in [5.41, 5.74) is 4.21. The Balaban J connectivity index is 1.36. The number of hydrogen-bond acceptors (Lipinski definition) is 5. The molecule has 32 heavy (non-hydrogen) atoms. The van der Waals surface area contributed by atoms with E-state index in [0.717, 1.165) is 21.6 Å². The number of fused-ring (bicyclic) bond motifs is 1. The molecule has 0 spiro atoms. The minimum Gasteiger partial charge on any atom is -0.481 e. The summed E-state index contributed by atoms with van der Waals surface area (Å²) >= 11 is 1.39. The van der Waals surface area contributed by atoms with Crippen molar-refractivity contribution in [2.45, 2.75) is 19.4 Å². The second-order valence-electron chi connectivity index (χ2n) is 8.26. The highest BCUT2D eigenvalue weighted by Gasteiger charge is 2.32. The molecule has 1 aliphatic heterocycles. The molecule has 7 heteroatoms. The molecule has 0 unspecified atom stereocenters. The number of aromatic nitrogens is 2. The number of rotatable bonds is 6. The molecular formula is C25H22FN3O2S. The van der Waals surface area contributed by atoms with Crippen molar-refractivity contribution in [1.29, 1.82) is 0 Å². The van der Waals surface area contributed by atoms with Crippen LogP contribution in [0.3, 0.4) is 0 Å².